The first-order valence-corrected chi connectivity index (χ1v) is 12.1. The highest BCUT2D eigenvalue weighted by atomic mass is 32.2. The van der Waals surface area contributed by atoms with Crippen LogP contribution < -0.4 is 4.74 Å². The van der Waals surface area contributed by atoms with Crippen LogP contribution in [0.1, 0.15) is 27.1 Å². The second kappa shape index (κ2) is 9.69. The summed E-state index contributed by atoms with van der Waals surface area (Å²) in [7, 11) is -3.03. The molecule has 0 bridgehead atoms. The lowest BCUT2D eigenvalue weighted by Gasteiger charge is -2.25. The van der Waals surface area contributed by atoms with Crippen molar-refractivity contribution in [3.05, 3.63) is 90.0 Å². The van der Waals surface area contributed by atoms with Gasteiger partial charge in [-0.25, -0.2) is 8.42 Å². The lowest BCUT2D eigenvalue weighted by Crippen LogP contribution is -2.45. The molecule has 10 heteroatoms. The Morgan fingerprint density at radius 2 is 1.40 bits per heavy atom. The Morgan fingerprint density at radius 1 is 0.886 bits per heavy atom. The summed E-state index contributed by atoms with van der Waals surface area (Å²) < 4.78 is 32.6. The van der Waals surface area contributed by atoms with E-state index in [1.165, 1.54) is 36.4 Å². The van der Waals surface area contributed by atoms with Crippen molar-refractivity contribution in [3.8, 4) is 11.5 Å². The quantitative estimate of drug-likeness (QED) is 0.453. The van der Waals surface area contributed by atoms with Gasteiger partial charge in [0.15, 0.2) is 0 Å². The molecular formula is C25H22N2O7S. The molecule has 4 rings (SSSR count). The van der Waals surface area contributed by atoms with Crippen LogP contribution in [0, 0.1) is 0 Å². The number of aliphatic carboxylic acids is 1. The number of hydrogen-bond acceptors (Lipinski definition) is 6. The summed E-state index contributed by atoms with van der Waals surface area (Å²) >= 11 is 0. The number of carbonyl (C=O) groups excluding carboxylic acids is 2. The number of imide groups is 1. The van der Waals surface area contributed by atoms with E-state index >= 15 is 0 Å². The Balaban J connectivity index is 1.47. The van der Waals surface area contributed by atoms with Crippen molar-refractivity contribution in [2.75, 3.05) is 13.6 Å². The highest BCUT2D eigenvalue weighted by Crippen LogP contribution is 2.26. The Bertz CT molecular complexity index is 1340. The fourth-order valence-corrected chi connectivity index (χ4v) is 5.14. The first kappa shape index (κ1) is 24.1. The smallest absolute Gasteiger partial charge is 0.322 e. The van der Waals surface area contributed by atoms with Crippen LogP contribution in [0.15, 0.2) is 83.8 Å². The monoisotopic (exact) mass is 494 g/mol. The molecule has 2 amide bonds. The van der Waals surface area contributed by atoms with E-state index in [1.54, 1.807) is 36.4 Å². The molecule has 3 aromatic carbocycles. The zero-order valence-electron chi connectivity index (χ0n) is 18.7. The molecule has 0 spiro atoms. The maximum absolute atomic E-state index is 13.1. The molecule has 180 valence electrons. The fraction of sp³-hybridized carbons (Fsp3) is 0.160. The number of sulfonamides is 1. The van der Waals surface area contributed by atoms with Crippen LogP contribution in [-0.2, 0) is 14.8 Å². The van der Waals surface area contributed by atoms with Crippen LogP contribution in [-0.4, -0.2) is 60.1 Å². The van der Waals surface area contributed by atoms with Crippen molar-refractivity contribution >= 4 is 27.8 Å². The van der Waals surface area contributed by atoms with Crippen LogP contribution >= 0.6 is 0 Å². The number of nitrogens with zero attached hydrogens (tertiary/aromatic N) is 2. The molecule has 1 aliphatic heterocycles. The Labute approximate surface area is 202 Å². The topological polar surface area (TPSA) is 121 Å². The number of carboxylic acid groups (broad SMARTS) is 1. The van der Waals surface area contributed by atoms with E-state index < -0.39 is 33.8 Å². The number of rotatable bonds is 9. The van der Waals surface area contributed by atoms with Gasteiger partial charge in [-0.15, -0.1) is 0 Å². The van der Waals surface area contributed by atoms with Gasteiger partial charge in [-0.05, 0) is 55.0 Å². The fourth-order valence-electron chi connectivity index (χ4n) is 3.79. The minimum Gasteiger partial charge on any atom is -0.480 e. The van der Waals surface area contributed by atoms with Crippen LogP contribution in [0.5, 0.6) is 11.5 Å². The van der Waals surface area contributed by atoms with Gasteiger partial charge in [0, 0.05) is 13.6 Å². The van der Waals surface area contributed by atoms with Gasteiger partial charge < -0.3 is 9.84 Å². The molecule has 0 saturated carbocycles. The number of benzene rings is 3. The highest BCUT2D eigenvalue weighted by molar-refractivity contribution is 7.89. The first-order valence-electron chi connectivity index (χ1n) is 10.7. The summed E-state index contributed by atoms with van der Waals surface area (Å²) in [5.74, 6) is -1.46. The van der Waals surface area contributed by atoms with E-state index in [0.29, 0.717) is 11.5 Å². The van der Waals surface area contributed by atoms with Crippen LogP contribution in [0.2, 0.25) is 0 Å². The number of fused-ring (bicyclic) bond motifs is 1. The van der Waals surface area contributed by atoms with Crippen molar-refractivity contribution in [2.24, 2.45) is 0 Å². The Kier molecular flexibility index (Phi) is 6.68. The highest BCUT2D eigenvalue weighted by Gasteiger charge is 2.38. The molecule has 1 aliphatic rings. The van der Waals surface area contributed by atoms with Crippen molar-refractivity contribution in [1.29, 1.82) is 0 Å². The summed E-state index contributed by atoms with van der Waals surface area (Å²) in [5, 5.41) is 9.73. The summed E-state index contributed by atoms with van der Waals surface area (Å²) in [6.45, 7) is -0.243. The molecule has 1 N–H and O–H groups in total. The van der Waals surface area contributed by atoms with Crippen molar-refractivity contribution in [3.63, 3.8) is 0 Å². The maximum Gasteiger partial charge on any atom is 0.322 e. The average molecular weight is 495 g/mol. The zero-order valence-corrected chi connectivity index (χ0v) is 19.5. The molecule has 1 heterocycles. The van der Waals surface area contributed by atoms with Gasteiger partial charge in [-0.1, -0.05) is 30.3 Å². The second-order valence-electron chi connectivity index (χ2n) is 7.86. The second-order valence-corrected chi connectivity index (χ2v) is 9.86. The molecule has 0 saturated heterocycles. The third-order valence-electron chi connectivity index (χ3n) is 5.71. The lowest BCUT2D eigenvalue weighted by atomic mass is 10.1. The summed E-state index contributed by atoms with van der Waals surface area (Å²) in [6, 6.07) is 19.4. The van der Waals surface area contributed by atoms with Gasteiger partial charge in [0.1, 0.15) is 17.5 Å². The largest absolute Gasteiger partial charge is 0.480 e. The lowest BCUT2D eigenvalue weighted by molar-refractivity contribution is -0.141. The van der Waals surface area contributed by atoms with Gasteiger partial charge in [-0.3, -0.25) is 19.3 Å². The number of carbonyl (C=O) groups is 3. The van der Waals surface area contributed by atoms with Crippen LogP contribution in [0.25, 0.3) is 0 Å². The maximum atomic E-state index is 13.1. The van der Waals surface area contributed by atoms with E-state index in [4.69, 9.17) is 4.74 Å². The van der Waals surface area contributed by atoms with E-state index in [0.717, 1.165) is 16.3 Å². The first-order chi connectivity index (χ1) is 16.7. The standard InChI is InChI=1S/C25H22N2O7S/c1-26(35(32,33)19-13-11-18(12-14-19)34-17-7-3-2-4-8-17)22(25(30)31)15-16-27-23(28)20-9-5-6-10-21(20)24(27)29/h2-14,22H,15-16H2,1H3,(H,30,31)/t22-/m0/s1. The molecule has 0 radical (unpaired) electrons. The molecule has 35 heavy (non-hydrogen) atoms. The molecule has 1 atom stereocenters. The molecule has 0 aliphatic carbocycles. The van der Waals surface area contributed by atoms with E-state index in [2.05, 4.69) is 0 Å². The number of ether oxygens (including phenoxy) is 1. The van der Waals surface area contributed by atoms with Gasteiger partial charge in [0.25, 0.3) is 11.8 Å². The van der Waals surface area contributed by atoms with E-state index in [9.17, 15) is 27.9 Å². The van der Waals surface area contributed by atoms with E-state index in [1.807, 2.05) is 6.07 Å². The van der Waals surface area contributed by atoms with Crippen molar-refractivity contribution < 1.29 is 32.6 Å². The van der Waals surface area contributed by atoms with Crippen molar-refractivity contribution in [1.82, 2.24) is 9.21 Å². The summed E-state index contributed by atoms with van der Waals surface area (Å²) in [6.07, 6.45) is -0.272. The van der Waals surface area contributed by atoms with Crippen molar-refractivity contribution in [2.45, 2.75) is 17.4 Å². The molecule has 3 aromatic rings. The third kappa shape index (κ3) is 4.79. The third-order valence-corrected chi connectivity index (χ3v) is 7.59. The normalized spacial score (nSPS) is 14.2. The zero-order chi connectivity index (χ0) is 25.2. The minimum atomic E-state index is -4.19. The summed E-state index contributed by atoms with van der Waals surface area (Å²) in [4.78, 5) is 37.9. The number of likely N-dealkylation sites (N-methyl/N-ethyl adjacent to an activating group) is 1. The molecule has 0 fully saturated rings. The Morgan fingerprint density at radius 3 is 1.94 bits per heavy atom. The van der Waals surface area contributed by atoms with Gasteiger partial charge >= 0.3 is 5.97 Å². The molecular weight excluding hydrogens is 472 g/mol. The molecule has 9 nitrogen and oxygen atoms in total. The van der Waals surface area contributed by atoms with Crippen LogP contribution in [0.4, 0.5) is 0 Å². The predicted molar refractivity (Wildman–Crippen MR) is 126 cm³/mol. The molecule has 0 aromatic heterocycles. The average Bonchev–Trinajstić information content (AvgIpc) is 3.10. The SMILES string of the molecule is CN([C@@H](CCN1C(=O)c2ccccc2C1=O)C(=O)O)S(=O)(=O)c1ccc(Oc2ccccc2)cc1. The van der Waals surface area contributed by atoms with Gasteiger partial charge in [0.2, 0.25) is 10.0 Å². The van der Waals surface area contributed by atoms with E-state index in [-0.39, 0.29) is 29.0 Å². The van der Waals surface area contributed by atoms with Gasteiger partial charge in [-0.2, -0.15) is 4.31 Å². The minimum absolute atomic E-state index is 0.118. The molecule has 0 unspecified atom stereocenters. The number of para-hydroxylation sites is 1. The number of amides is 2. The predicted octanol–water partition coefficient (Wildman–Crippen LogP) is 3.24. The summed E-state index contributed by atoms with van der Waals surface area (Å²) in [5.41, 5.74) is 0.478. The number of hydrogen-bond donors (Lipinski definition) is 1. The Hall–Kier alpha value is -4.02. The van der Waals surface area contributed by atoms with Gasteiger partial charge in [0.05, 0.1) is 16.0 Å². The van der Waals surface area contributed by atoms with Crippen LogP contribution in [0.3, 0.4) is 0 Å². The number of carboxylic acids is 1.